The van der Waals surface area contributed by atoms with Crippen LogP contribution in [0.1, 0.15) is 41.0 Å². The maximum Gasteiger partial charge on any atom is 0.354 e. The van der Waals surface area contributed by atoms with E-state index < -0.39 is 18.0 Å². The molecule has 4 N–H and O–H groups in total. The van der Waals surface area contributed by atoms with Crippen LogP contribution in [0.2, 0.25) is 0 Å². The average Bonchev–Trinajstić information content (AvgIpc) is 2.59. The fraction of sp³-hybridized carbons (Fsp3) is 0.733. The highest BCUT2D eigenvalue weighted by Gasteiger charge is 2.58. The van der Waals surface area contributed by atoms with E-state index in [1.165, 1.54) is 28.4 Å². The number of β-lactam (4-membered cyclic amide) rings is 1. The Labute approximate surface area is 144 Å². The van der Waals surface area contributed by atoms with Crippen molar-refractivity contribution in [1.29, 1.82) is 0 Å². The van der Waals surface area contributed by atoms with Crippen LogP contribution in [0.25, 0.3) is 0 Å². The van der Waals surface area contributed by atoms with Crippen LogP contribution in [0, 0.1) is 5.92 Å². The Kier molecular flexibility index (Phi) is 4.85. The van der Waals surface area contributed by atoms with Gasteiger partial charge >= 0.3 is 5.97 Å². The summed E-state index contributed by atoms with van der Waals surface area (Å²) in [7, 11) is 0. The van der Waals surface area contributed by atoms with Gasteiger partial charge in [-0.3, -0.25) is 9.69 Å². The molecule has 130 valence electrons. The van der Waals surface area contributed by atoms with Crippen LogP contribution < -0.4 is 5.73 Å². The molecule has 2 heterocycles. The highest BCUT2D eigenvalue weighted by Crippen LogP contribution is 2.56. The molecule has 1 fully saturated rings. The fourth-order valence-corrected chi connectivity index (χ4v) is 6.92. The van der Waals surface area contributed by atoms with Gasteiger partial charge in [0.1, 0.15) is 5.37 Å². The van der Waals surface area contributed by atoms with Gasteiger partial charge in [0, 0.05) is 10.3 Å². The van der Waals surface area contributed by atoms with Crippen molar-refractivity contribution in [3.63, 3.8) is 0 Å². The van der Waals surface area contributed by atoms with Crippen molar-refractivity contribution in [1.82, 2.24) is 4.90 Å². The first-order valence-corrected chi connectivity index (χ1v) is 9.17. The first-order chi connectivity index (χ1) is 10.3. The number of nitrogens with two attached hydrogens (primary N) is 1. The van der Waals surface area contributed by atoms with Gasteiger partial charge in [0.05, 0.1) is 16.3 Å². The molecule has 2 aliphatic rings. The molecule has 3 atom stereocenters. The Hall–Kier alpha value is -0.700. The van der Waals surface area contributed by atoms with Crippen LogP contribution >= 0.6 is 23.5 Å². The van der Waals surface area contributed by atoms with E-state index in [9.17, 15) is 19.8 Å². The molecule has 0 bridgehead atoms. The molecule has 0 aromatic heterocycles. The van der Waals surface area contributed by atoms with Gasteiger partial charge in [-0.2, -0.15) is 0 Å². The number of amides is 1. The van der Waals surface area contributed by atoms with E-state index in [0.29, 0.717) is 10.7 Å². The largest absolute Gasteiger partial charge is 0.477 e. The highest BCUT2D eigenvalue weighted by atomic mass is 32.2. The van der Waals surface area contributed by atoms with Gasteiger partial charge in [-0.15, -0.1) is 11.8 Å². The number of carbonyl (C=O) groups is 2. The van der Waals surface area contributed by atoms with Crippen LogP contribution in [0.4, 0.5) is 0 Å². The summed E-state index contributed by atoms with van der Waals surface area (Å²) in [6.45, 7) is 9.46. The summed E-state index contributed by atoms with van der Waals surface area (Å²) < 4.78 is 0.350. The molecule has 6 nitrogen and oxygen atoms in total. The summed E-state index contributed by atoms with van der Waals surface area (Å²) in [4.78, 5) is 25.1. The second-order valence-corrected chi connectivity index (χ2v) is 10.6. The van der Waals surface area contributed by atoms with Gasteiger partial charge in [-0.1, -0.05) is 25.6 Å². The van der Waals surface area contributed by atoms with E-state index in [4.69, 9.17) is 5.73 Å². The van der Waals surface area contributed by atoms with Crippen molar-refractivity contribution in [2.24, 2.45) is 11.7 Å². The van der Waals surface area contributed by atoms with Crippen molar-refractivity contribution in [2.45, 2.75) is 62.8 Å². The smallest absolute Gasteiger partial charge is 0.354 e. The minimum Gasteiger partial charge on any atom is -0.477 e. The van der Waals surface area contributed by atoms with Crippen molar-refractivity contribution < 1.29 is 19.8 Å². The molecule has 2 rings (SSSR count). The minimum atomic E-state index is -1.11. The van der Waals surface area contributed by atoms with E-state index in [2.05, 4.69) is 0 Å². The SMILES string of the molecule is C[C@@H](O)[C@H]1C(=O)N2C(C(=O)O)=C(SC(C)(C)CC(C)(C)N)SC12. The molecule has 0 aromatic carbocycles. The second-order valence-electron chi connectivity index (χ2n) is 7.45. The molecule has 23 heavy (non-hydrogen) atoms. The Balaban J connectivity index is 2.25. The number of aliphatic hydroxyl groups is 1. The Bertz CT molecular complexity index is 566. The molecule has 0 aliphatic carbocycles. The lowest BCUT2D eigenvalue weighted by molar-refractivity contribution is -0.156. The molecule has 1 unspecified atom stereocenters. The first kappa shape index (κ1) is 18.6. The summed E-state index contributed by atoms with van der Waals surface area (Å²) in [6.07, 6.45) is -0.0910. The lowest BCUT2D eigenvalue weighted by Gasteiger charge is -2.43. The number of carbonyl (C=O) groups excluding carboxylic acids is 1. The summed E-state index contributed by atoms with van der Waals surface area (Å²) >= 11 is 2.80. The number of carboxylic acids is 1. The number of carboxylic acid groups (broad SMARTS) is 1. The zero-order chi connectivity index (χ0) is 17.7. The number of thioether (sulfide) groups is 2. The van der Waals surface area contributed by atoms with Crippen molar-refractivity contribution in [2.75, 3.05) is 0 Å². The number of aliphatic hydroxyl groups excluding tert-OH is 1. The van der Waals surface area contributed by atoms with Crippen LogP contribution in [0.15, 0.2) is 9.93 Å². The topological polar surface area (TPSA) is 104 Å². The van der Waals surface area contributed by atoms with E-state index in [1.54, 1.807) is 6.92 Å². The van der Waals surface area contributed by atoms with Crippen LogP contribution in [0.3, 0.4) is 0 Å². The lowest BCUT2D eigenvalue weighted by atomic mass is 9.92. The van der Waals surface area contributed by atoms with Crippen molar-refractivity contribution in [3.8, 4) is 0 Å². The van der Waals surface area contributed by atoms with Crippen molar-refractivity contribution in [3.05, 3.63) is 9.93 Å². The quantitative estimate of drug-likeness (QED) is 0.620. The molecule has 2 aliphatic heterocycles. The molecule has 0 radical (unpaired) electrons. The number of hydrogen-bond donors (Lipinski definition) is 3. The minimum absolute atomic E-state index is 0.0369. The lowest BCUT2D eigenvalue weighted by Crippen LogP contribution is -2.60. The van der Waals surface area contributed by atoms with Crippen molar-refractivity contribution >= 4 is 35.4 Å². The standard InChI is InChI=1S/C15H24N2O4S2/c1-7(18)8-10(19)17-9(12(20)21)13(22-11(8)17)23-15(4,5)6-14(2,3)16/h7-8,11,18H,6,16H2,1-5H3,(H,20,21)/t7-,8+,11?/m1/s1. The second kappa shape index (κ2) is 5.98. The number of fused-ring (bicyclic) bond motifs is 1. The van der Waals surface area contributed by atoms with Gasteiger partial charge in [0.2, 0.25) is 5.91 Å². The summed E-state index contributed by atoms with van der Waals surface area (Å²) in [5.41, 5.74) is 5.75. The normalized spacial score (nSPS) is 26.2. The van der Waals surface area contributed by atoms with Gasteiger partial charge in [-0.25, -0.2) is 4.79 Å². The number of hydrogen-bond acceptors (Lipinski definition) is 6. The van der Waals surface area contributed by atoms with Gasteiger partial charge in [-0.05, 0) is 27.2 Å². The van der Waals surface area contributed by atoms with Crippen LogP contribution in [-0.4, -0.2) is 48.8 Å². The molecular formula is C15H24N2O4S2. The molecule has 0 spiro atoms. The molecule has 0 saturated carbocycles. The maximum absolute atomic E-state index is 12.2. The molecular weight excluding hydrogens is 336 g/mol. The van der Waals surface area contributed by atoms with Gasteiger partial charge < -0.3 is 15.9 Å². The Morgan fingerprint density at radius 3 is 2.43 bits per heavy atom. The number of nitrogens with zero attached hydrogens (tertiary/aromatic N) is 1. The van der Waals surface area contributed by atoms with E-state index in [-0.39, 0.29) is 27.3 Å². The zero-order valence-electron chi connectivity index (χ0n) is 14.0. The van der Waals surface area contributed by atoms with Gasteiger partial charge in [0.15, 0.2) is 5.70 Å². The van der Waals surface area contributed by atoms with E-state index in [1.807, 2.05) is 27.7 Å². The number of rotatable bonds is 6. The predicted molar refractivity (Wildman–Crippen MR) is 92.6 cm³/mol. The first-order valence-electron chi connectivity index (χ1n) is 7.47. The predicted octanol–water partition coefficient (Wildman–Crippen LogP) is 1.79. The maximum atomic E-state index is 12.2. The monoisotopic (exact) mass is 360 g/mol. The highest BCUT2D eigenvalue weighted by molar-refractivity contribution is 8.23. The van der Waals surface area contributed by atoms with Crippen LogP contribution in [0.5, 0.6) is 0 Å². The van der Waals surface area contributed by atoms with E-state index >= 15 is 0 Å². The Morgan fingerprint density at radius 2 is 2.00 bits per heavy atom. The summed E-state index contributed by atoms with van der Waals surface area (Å²) in [6, 6.07) is 0. The third-order valence-electron chi connectivity index (χ3n) is 3.72. The molecule has 1 saturated heterocycles. The third kappa shape index (κ3) is 3.70. The van der Waals surface area contributed by atoms with Crippen LogP contribution in [-0.2, 0) is 9.59 Å². The Morgan fingerprint density at radius 1 is 1.43 bits per heavy atom. The third-order valence-corrected chi connectivity index (χ3v) is 6.49. The molecule has 1 amide bonds. The average molecular weight is 361 g/mol. The van der Waals surface area contributed by atoms with E-state index in [0.717, 1.165) is 0 Å². The summed E-state index contributed by atoms with van der Waals surface area (Å²) in [5, 5.41) is 18.9. The molecule has 0 aromatic rings. The van der Waals surface area contributed by atoms with Gasteiger partial charge in [0.25, 0.3) is 0 Å². The number of aliphatic carboxylic acids is 1. The zero-order valence-corrected chi connectivity index (χ0v) is 15.6. The summed E-state index contributed by atoms with van der Waals surface area (Å²) in [5.74, 6) is -1.97. The fourth-order valence-electron chi connectivity index (χ4n) is 3.21. The molecule has 8 heteroatoms.